The number of benzene rings is 1. The Kier molecular flexibility index (Phi) is 5.49. The monoisotopic (exact) mass is 315 g/mol. The molecule has 3 N–H and O–H groups in total. The van der Waals surface area contributed by atoms with Crippen LogP contribution >= 0.6 is 0 Å². The highest BCUT2D eigenvalue weighted by atomic mass is 32.2. The Morgan fingerprint density at radius 2 is 1.95 bits per heavy atom. The van der Waals surface area contributed by atoms with Crippen LogP contribution in [0.5, 0.6) is 0 Å². The molecular formula is C14H21NO5S. The summed E-state index contributed by atoms with van der Waals surface area (Å²) in [5, 5.41) is 18.1. The number of aryl methyl sites for hydroxylation is 1. The lowest BCUT2D eigenvalue weighted by Crippen LogP contribution is -2.43. The molecule has 0 unspecified atom stereocenters. The largest absolute Gasteiger partial charge is 0.478 e. The molecule has 118 valence electrons. The predicted octanol–water partition coefficient (Wildman–Crippen LogP) is 1.39. The fraction of sp³-hybridized carbons (Fsp3) is 0.500. The number of carboxylic acid groups (broad SMARTS) is 1. The molecule has 0 atom stereocenters. The van der Waals surface area contributed by atoms with Crippen LogP contribution in [0.1, 0.15) is 43.1 Å². The smallest absolute Gasteiger partial charge is 0.336 e. The summed E-state index contributed by atoms with van der Waals surface area (Å²) in [6.45, 7) is 4.96. The lowest BCUT2D eigenvalue weighted by molar-refractivity contribution is 0.0695. The number of rotatable bonds is 7. The molecule has 0 aliphatic rings. The molecule has 0 aliphatic carbocycles. The summed E-state index contributed by atoms with van der Waals surface area (Å²) in [7, 11) is -3.85. The van der Waals surface area contributed by atoms with Gasteiger partial charge in [0.05, 0.1) is 10.5 Å². The first-order valence-electron chi connectivity index (χ1n) is 6.64. The van der Waals surface area contributed by atoms with Gasteiger partial charge in [-0.05, 0) is 44.4 Å². The Balaban J connectivity index is 3.21. The minimum Gasteiger partial charge on any atom is -0.478 e. The van der Waals surface area contributed by atoms with Crippen LogP contribution < -0.4 is 4.72 Å². The van der Waals surface area contributed by atoms with Crippen LogP contribution in [0.2, 0.25) is 0 Å². The van der Waals surface area contributed by atoms with Crippen molar-refractivity contribution < 1.29 is 23.4 Å². The molecule has 0 spiro atoms. The maximum Gasteiger partial charge on any atom is 0.336 e. The first-order valence-corrected chi connectivity index (χ1v) is 8.12. The third-order valence-corrected chi connectivity index (χ3v) is 4.85. The van der Waals surface area contributed by atoms with E-state index >= 15 is 0 Å². The van der Waals surface area contributed by atoms with E-state index in [-0.39, 0.29) is 23.5 Å². The summed E-state index contributed by atoms with van der Waals surface area (Å²) in [6, 6.07) is 4.07. The average Bonchev–Trinajstić information content (AvgIpc) is 2.36. The topological polar surface area (TPSA) is 104 Å². The maximum absolute atomic E-state index is 12.3. The van der Waals surface area contributed by atoms with Gasteiger partial charge in [-0.15, -0.1) is 0 Å². The van der Waals surface area contributed by atoms with E-state index in [0.29, 0.717) is 12.0 Å². The Bertz CT molecular complexity index is 622. The van der Waals surface area contributed by atoms with E-state index < -0.39 is 21.5 Å². The van der Waals surface area contributed by atoms with Gasteiger partial charge in [-0.3, -0.25) is 0 Å². The molecule has 6 nitrogen and oxygen atoms in total. The molecule has 0 bridgehead atoms. The van der Waals surface area contributed by atoms with E-state index in [1.54, 1.807) is 20.8 Å². The number of hydrogen-bond acceptors (Lipinski definition) is 4. The quantitative estimate of drug-likeness (QED) is 0.705. The normalized spacial score (nSPS) is 12.4. The number of aromatic carboxylic acids is 1. The van der Waals surface area contributed by atoms with Crippen molar-refractivity contribution in [3.8, 4) is 0 Å². The molecule has 0 saturated carbocycles. The third-order valence-electron chi connectivity index (χ3n) is 3.15. The Labute approximate surface area is 124 Å². The van der Waals surface area contributed by atoms with Gasteiger partial charge in [0.25, 0.3) is 0 Å². The second kappa shape index (κ2) is 6.55. The summed E-state index contributed by atoms with van der Waals surface area (Å²) < 4.78 is 27.1. The van der Waals surface area contributed by atoms with E-state index in [0.717, 1.165) is 0 Å². The predicted molar refractivity (Wildman–Crippen MR) is 78.9 cm³/mol. The molecule has 0 radical (unpaired) electrons. The summed E-state index contributed by atoms with van der Waals surface area (Å²) in [4.78, 5) is 11.1. The minimum atomic E-state index is -3.85. The fourth-order valence-corrected chi connectivity index (χ4v) is 3.45. The molecule has 0 fully saturated rings. The van der Waals surface area contributed by atoms with E-state index in [1.807, 2.05) is 0 Å². The van der Waals surface area contributed by atoms with Gasteiger partial charge in [-0.25, -0.2) is 17.9 Å². The van der Waals surface area contributed by atoms with Crippen LogP contribution in [0.25, 0.3) is 0 Å². The number of sulfonamides is 1. The van der Waals surface area contributed by atoms with Crippen molar-refractivity contribution in [2.75, 3.05) is 6.61 Å². The molecule has 1 aromatic rings. The fourth-order valence-electron chi connectivity index (χ4n) is 1.98. The van der Waals surface area contributed by atoms with Crippen molar-refractivity contribution >= 4 is 16.0 Å². The first kappa shape index (κ1) is 17.6. The Hall–Kier alpha value is -1.44. The zero-order valence-electron chi connectivity index (χ0n) is 12.4. The molecule has 0 aromatic heterocycles. The van der Waals surface area contributed by atoms with Crippen molar-refractivity contribution in [2.45, 2.75) is 44.0 Å². The summed E-state index contributed by atoms with van der Waals surface area (Å²) in [5.41, 5.74) is -0.253. The second-order valence-corrected chi connectivity index (χ2v) is 7.12. The molecule has 0 amide bonds. The third kappa shape index (κ3) is 4.52. The van der Waals surface area contributed by atoms with Crippen LogP contribution in [0, 0.1) is 0 Å². The van der Waals surface area contributed by atoms with Gasteiger partial charge in [-0.1, -0.05) is 13.0 Å². The average molecular weight is 315 g/mol. The van der Waals surface area contributed by atoms with Gasteiger partial charge in [0.2, 0.25) is 10.0 Å². The van der Waals surface area contributed by atoms with Crippen molar-refractivity contribution in [3.63, 3.8) is 0 Å². The highest BCUT2D eigenvalue weighted by Crippen LogP contribution is 2.19. The van der Waals surface area contributed by atoms with Crippen LogP contribution in [0.4, 0.5) is 0 Å². The van der Waals surface area contributed by atoms with Gasteiger partial charge in [0.1, 0.15) is 0 Å². The Morgan fingerprint density at radius 1 is 1.33 bits per heavy atom. The number of carboxylic acids is 1. The number of carbonyl (C=O) groups is 1. The van der Waals surface area contributed by atoms with Crippen LogP contribution in [-0.2, 0) is 16.4 Å². The number of nitrogens with one attached hydrogen (secondary N) is 1. The summed E-state index contributed by atoms with van der Waals surface area (Å²) in [6.07, 6.45) is 0.760. The van der Waals surface area contributed by atoms with Gasteiger partial charge < -0.3 is 10.2 Å². The molecular weight excluding hydrogens is 294 g/mol. The van der Waals surface area contributed by atoms with Crippen LogP contribution in [-0.4, -0.2) is 36.7 Å². The van der Waals surface area contributed by atoms with Gasteiger partial charge in [0, 0.05) is 12.1 Å². The minimum absolute atomic E-state index is 0.0136. The van der Waals surface area contributed by atoms with Crippen LogP contribution in [0.15, 0.2) is 23.1 Å². The van der Waals surface area contributed by atoms with E-state index in [9.17, 15) is 13.2 Å². The van der Waals surface area contributed by atoms with E-state index in [1.165, 1.54) is 18.2 Å². The first-order chi connectivity index (χ1) is 9.63. The van der Waals surface area contributed by atoms with Crippen molar-refractivity contribution in [3.05, 3.63) is 29.3 Å². The Morgan fingerprint density at radius 3 is 2.43 bits per heavy atom. The SMILES string of the molecule is CCc1ccc(S(=O)(=O)NC(C)(C)CCO)cc1C(=O)O. The van der Waals surface area contributed by atoms with E-state index in [2.05, 4.69) is 4.72 Å². The highest BCUT2D eigenvalue weighted by Gasteiger charge is 2.26. The number of aliphatic hydroxyl groups is 1. The zero-order valence-corrected chi connectivity index (χ0v) is 13.2. The standard InChI is InChI=1S/C14H21NO5S/c1-4-10-5-6-11(9-12(10)13(17)18)21(19,20)15-14(2,3)7-8-16/h5-6,9,15-16H,4,7-8H2,1-3H3,(H,17,18). The summed E-state index contributed by atoms with van der Waals surface area (Å²) >= 11 is 0. The molecule has 0 aliphatic heterocycles. The second-order valence-electron chi connectivity index (χ2n) is 5.44. The lowest BCUT2D eigenvalue weighted by atomic mass is 10.0. The highest BCUT2D eigenvalue weighted by molar-refractivity contribution is 7.89. The number of aliphatic hydroxyl groups excluding tert-OH is 1. The molecule has 0 heterocycles. The lowest BCUT2D eigenvalue weighted by Gasteiger charge is -2.25. The number of hydrogen-bond donors (Lipinski definition) is 3. The molecule has 1 aromatic carbocycles. The molecule has 21 heavy (non-hydrogen) atoms. The summed E-state index contributed by atoms with van der Waals surface area (Å²) in [5.74, 6) is -1.15. The zero-order chi connectivity index (χ0) is 16.3. The van der Waals surface area contributed by atoms with Gasteiger partial charge in [0.15, 0.2) is 0 Å². The van der Waals surface area contributed by atoms with Crippen molar-refractivity contribution in [2.24, 2.45) is 0 Å². The van der Waals surface area contributed by atoms with Crippen molar-refractivity contribution in [1.29, 1.82) is 0 Å². The molecule has 7 heteroatoms. The molecule has 1 rings (SSSR count). The van der Waals surface area contributed by atoms with Gasteiger partial charge >= 0.3 is 5.97 Å². The van der Waals surface area contributed by atoms with Crippen LogP contribution in [0.3, 0.4) is 0 Å². The maximum atomic E-state index is 12.3. The van der Waals surface area contributed by atoms with Gasteiger partial charge in [-0.2, -0.15) is 0 Å². The molecule has 0 saturated heterocycles. The van der Waals surface area contributed by atoms with Crippen molar-refractivity contribution in [1.82, 2.24) is 4.72 Å². The van der Waals surface area contributed by atoms with E-state index in [4.69, 9.17) is 10.2 Å².